The van der Waals surface area contributed by atoms with Gasteiger partial charge >= 0.3 is 5.97 Å². The van der Waals surface area contributed by atoms with Crippen LogP contribution in [0.4, 0.5) is 0 Å². The summed E-state index contributed by atoms with van der Waals surface area (Å²) >= 11 is 3.34. The first-order chi connectivity index (χ1) is 9.04. The highest BCUT2D eigenvalue weighted by Crippen LogP contribution is 2.35. The number of ether oxygens (including phenoxy) is 2. The zero-order chi connectivity index (χ0) is 13.9. The molecule has 2 rings (SSSR count). The van der Waals surface area contributed by atoms with Crippen LogP contribution in [-0.2, 0) is 14.3 Å². The van der Waals surface area contributed by atoms with Crippen molar-refractivity contribution in [1.82, 2.24) is 0 Å². The summed E-state index contributed by atoms with van der Waals surface area (Å²) in [5, 5.41) is 0. The maximum atomic E-state index is 11.7. The SMILES string of the molecule is CC(=O)C1(CCOc2ccc(Br)cc2)CCOC1=O. The smallest absolute Gasteiger partial charge is 0.319 e. The van der Waals surface area contributed by atoms with Gasteiger partial charge in [0.15, 0.2) is 0 Å². The van der Waals surface area contributed by atoms with Crippen LogP contribution in [0.5, 0.6) is 5.75 Å². The first-order valence-corrected chi connectivity index (χ1v) is 6.90. The molecule has 1 fully saturated rings. The molecule has 5 heteroatoms. The number of esters is 1. The Labute approximate surface area is 120 Å². The molecule has 0 aromatic heterocycles. The van der Waals surface area contributed by atoms with Crippen molar-refractivity contribution in [2.75, 3.05) is 13.2 Å². The lowest BCUT2D eigenvalue weighted by Crippen LogP contribution is -2.35. The van der Waals surface area contributed by atoms with Crippen LogP contribution in [0.15, 0.2) is 28.7 Å². The van der Waals surface area contributed by atoms with Crippen molar-refractivity contribution in [3.05, 3.63) is 28.7 Å². The van der Waals surface area contributed by atoms with E-state index >= 15 is 0 Å². The van der Waals surface area contributed by atoms with E-state index in [0.29, 0.717) is 31.8 Å². The predicted molar refractivity (Wildman–Crippen MR) is 72.9 cm³/mol. The molecule has 1 atom stereocenters. The lowest BCUT2D eigenvalue weighted by molar-refractivity contribution is -0.151. The van der Waals surface area contributed by atoms with Gasteiger partial charge in [-0.25, -0.2) is 0 Å². The fourth-order valence-corrected chi connectivity index (χ4v) is 2.42. The number of benzene rings is 1. The molecule has 0 bridgehead atoms. The molecule has 1 heterocycles. The van der Waals surface area contributed by atoms with Crippen molar-refractivity contribution in [2.45, 2.75) is 19.8 Å². The minimum atomic E-state index is -1.00. The molecule has 1 saturated heterocycles. The highest BCUT2D eigenvalue weighted by Gasteiger charge is 2.48. The number of hydrogen-bond acceptors (Lipinski definition) is 4. The van der Waals surface area contributed by atoms with Crippen LogP contribution in [0.25, 0.3) is 0 Å². The van der Waals surface area contributed by atoms with Gasteiger partial charge in [-0.1, -0.05) is 15.9 Å². The molecule has 0 N–H and O–H groups in total. The average Bonchev–Trinajstić information content (AvgIpc) is 2.75. The van der Waals surface area contributed by atoms with Crippen molar-refractivity contribution in [3.8, 4) is 5.75 Å². The zero-order valence-corrected chi connectivity index (χ0v) is 12.2. The van der Waals surface area contributed by atoms with Gasteiger partial charge < -0.3 is 9.47 Å². The Hall–Kier alpha value is -1.36. The molecule has 1 aliphatic rings. The van der Waals surface area contributed by atoms with E-state index < -0.39 is 11.4 Å². The summed E-state index contributed by atoms with van der Waals surface area (Å²) in [5.41, 5.74) is -1.00. The Balaban J connectivity index is 1.95. The fourth-order valence-electron chi connectivity index (χ4n) is 2.15. The predicted octanol–water partition coefficient (Wildman–Crippen LogP) is 2.74. The molecule has 0 amide bonds. The molecule has 4 nitrogen and oxygen atoms in total. The standard InChI is InChI=1S/C14H15BrO4/c1-10(16)14(7-9-19-13(14)17)6-8-18-12-4-2-11(15)3-5-12/h2-5H,6-9H2,1H3. The monoisotopic (exact) mass is 326 g/mol. The van der Waals surface area contributed by atoms with Crippen molar-refractivity contribution < 1.29 is 19.1 Å². The van der Waals surface area contributed by atoms with Gasteiger partial charge in [0, 0.05) is 17.3 Å². The number of halogens is 1. The van der Waals surface area contributed by atoms with Crippen molar-refractivity contribution in [1.29, 1.82) is 0 Å². The van der Waals surface area contributed by atoms with Crippen LogP contribution in [-0.4, -0.2) is 25.0 Å². The van der Waals surface area contributed by atoms with Crippen LogP contribution in [0.3, 0.4) is 0 Å². The van der Waals surface area contributed by atoms with E-state index in [0.717, 1.165) is 4.47 Å². The number of rotatable bonds is 5. The Morgan fingerprint density at radius 2 is 2.11 bits per heavy atom. The average molecular weight is 327 g/mol. The first kappa shape index (κ1) is 14.1. The second-order valence-corrected chi connectivity index (χ2v) is 5.49. The van der Waals surface area contributed by atoms with E-state index in [4.69, 9.17) is 9.47 Å². The van der Waals surface area contributed by atoms with Gasteiger partial charge in [-0.2, -0.15) is 0 Å². The fraction of sp³-hybridized carbons (Fsp3) is 0.429. The second kappa shape index (κ2) is 5.74. The molecule has 1 aromatic carbocycles. The number of hydrogen-bond donors (Lipinski definition) is 0. The third kappa shape index (κ3) is 2.97. The molecule has 1 aromatic rings. The summed E-state index contributed by atoms with van der Waals surface area (Å²) in [6.07, 6.45) is 0.808. The Kier molecular flexibility index (Phi) is 4.24. The van der Waals surface area contributed by atoms with Gasteiger partial charge in [-0.3, -0.25) is 9.59 Å². The molecule has 1 unspecified atom stereocenters. The molecule has 1 aliphatic heterocycles. The molecule has 0 spiro atoms. The number of cyclic esters (lactones) is 1. The van der Waals surface area contributed by atoms with Crippen molar-refractivity contribution in [2.24, 2.45) is 5.41 Å². The Morgan fingerprint density at radius 1 is 1.42 bits per heavy atom. The minimum absolute atomic E-state index is 0.144. The van der Waals surface area contributed by atoms with E-state index in [1.54, 1.807) is 0 Å². The summed E-state index contributed by atoms with van der Waals surface area (Å²) < 4.78 is 11.5. The Bertz CT molecular complexity index is 483. The first-order valence-electron chi connectivity index (χ1n) is 6.11. The van der Waals surface area contributed by atoms with Crippen LogP contribution in [0, 0.1) is 5.41 Å². The van der Waals surface area contributed by atoms with Gasteiger partial charge in [-0.15, -0.1) is 0 Å². The van der Waals surface area contributed by atoms with E-state index in [2.05, 4.69) is 15.9 Å². The largest absolute Gasteiger partial charge is 0.494 e. The minimum Gasteiger partial charge on any atom is -0.494 e. The maximum Gasteiger partial charge on any atom is 0.319 e. The lowest BCUT2D eigenvalue weighted by Gasteiger charge is -2.21. The molecule has 0 aliphatic carbocycles. The highest BCUT2D eigenvalue weighted by molar-refractivity contribution is 9.10. The van der Waals surface area contributed by atoms with Crippen LogP contribution in [0.1, 0.15) is 19.8 Å². The molecule has 19 heavy (non-hydrogen) atoms. The lowest BCUT2D eigenvalue weighted by atomic mass is 9.80. The van der Waals surface area contributed by atoms with Gasteiger partial charge in [0.25, 0.3) is 0 Å². The van der Waals surface area contributed by atoms with Crippen molar-refractivity contribution >= 4 is 27.7 Å². The summed E-state index contributed by atoms with van der Waals surface area (Å²) in [6.45, 7) is 2.07. The number of Topliss-reactive ketones (excluding diaryl/α,β-unsaturated/α-hetero) is 1. The summed E-state index contributed by atoms with van der Waals surface area (Å²) in [6, 6.07) is 7.41. The molecular formula is C14H15BrO4. The van der Waals surface area contributed by atoms with Gasteiger partial charge in [0.05, 0.1) is 13.2 Å². The summed E-state index contributed by atoms with van der Waals surface area (Å²) in [4.78, 5) is 23.4. The Morgan fingerprint density at radius 3 is 2.63 bits per heavy atom. The van der Waals surface area contributed by atoms with E-state index in [1.165, 1.54) is 6.92 Å². The number of carbonyl (C=O) groups excluding carboxylic acids is 2. The number of ketones is 1. The van der Waals surface area contributed by atoms with Crippen LogP contribution < -0.4 is 4.74 Å². The van der Waals surface area contributed by atoms with E-state index in [1.807, 2.05) is 24.3 Å². The topological polar surface area (TPSA) is 52.6 Å². The number of carbonyl (C=O) groups is 2. The van der Waals surface area contributed by atoms with Crippen molar-refractivity contribution in [3.63, 3.8) is 0 Å². The van der Waals surface area contributed by atoms with Gasteiger partial charge in [0.1, 0.15) is 16.9 Å². The molecule has 0 saturated carbocycles. The second-order valence-electron chi connectivity index (χ2n) is 4.58. The van der Waals surface area contributed by atoms with Crippen LogP contribution in [0.2, 0.25) is 0 Å². The van der Waals surface area contributed by atoms with Gasteiger partial charge in [0.2, 0.25) is 0 Å². The summed E-state index contributed by atoms with van der Waals surface area (Å²) in [7, 11) is 0. The molecule has 102 valence electrons. The highest BCUT2D eigenvalue weighted by atomic mass is 79.9. The maximum absolute atomic E-state index is 11.7. The molecule has 0 radical (unpaired) electrons. The third-order valence-corrected chi connectivity index (χ3v) is 3.97. The van der Waals surface area contributed by atoms with Crippen LogP contribution >= 0.6 is 15.9 Å². The van der Waals surface area contributed by atoms with E-state index in [-0.39, 0.29) is 5.78 Å². The quantitative estimate of drug-likeness (QED) is 0.616. The zero-order valence-electron chi connectivity index (χ0n) is 10.6. The third-order valence-electron chi connectivity index (χ3n) is 3.44. The van der Waals surface area contributed by atoms with E-state index in [9.17, 15) is 9.59 Å². The normalized spacial score (nSPS) is 22.1. The summed E-state index contributed by atoms with van der Waals surface area (Å²) in [5.74, 6) is 0.155. The molecular weight excluding hydrogens is 312 g/mol. The van der Waals surface area contributed by atoms with Gasteiger partial charge in [-0.05, 0) is 31.2 Å².